The monoisotopic (exact) mass is 667 g/mol. The number of carbonyl (C=O) groups excluding carboxylic acids is 2. The average Bonchev–Trinajstić information content (AvgIpc) is 3.03. The molecule has 4 rings (SSSR count). The van der Waals surface area contributed by atoms with Crippen LogP contribution in [0.2, 0.25) is 0 Å². The highest BCUT2D eigenvalue weighted by atomic mass is 32.2. The van der Waals surface area contributed by atoms with Gasteiger partial charge in [-0.15, -0.1) is 0 Å². The fraction of sp³-hybridized carbons (Fsp3) is 0.371. The smallest absolute Gasteiger partial charge is 0.349 e. The summed E-state index contributed by atoms with van der Waals surface area (Å²) in [7, 11) is -3.10. The highest BCUT2D eigenvalue weighted by Gasteiger charge is 2.41. The first-order valence-corrected chi connectivity index (χ1v) is 17.1. The zero-order valence-corrected chi connectivity index (χ0v) is 27.7. The molecule has 1 saturated heterocycles. The summed E-state index contributed by atoms with van der Waals surface area (Å²) in [6.07, 6.45) is 0.370. The summed E-state index contributed by atoms with van der Waals surface area (Å²) in [5.41, 5.74) is 2.96. The van der Waals surface area contributed by atoms with Crippen LogP contribution in [0, 0.1) is 13.8 Å². The standard InChI is InChI=1S/C20H18O8.C15H23NO2S/c1-11-3-7-13(8-4-11)19(25)27-15(17(21)22)16(18(23)24)28-20(26)14-9-5-12(2)6-10-14;1-3-9-16-10-5-7-14(12-16)13-6-4-8-15(11-13)19(2,17)18/h3-10,15-16H,1-2H3,(H,21,22)(H,23,24);4,6,8,11,14H,3,5,7,9-10,12H2,1-2H3/t15-,16-;14-/m11/s1. The van der Waals surface area contributed by atoms with Crippen LogP contribution < -0.4 is 0 Å². The van der Waals surface area contributed by atoms with Crippen LogP contribution in [0.25, 0.3) is 0 Å². The number of sulfone groups is 1. The third kappa shape index (κ3) is 11.0. The number of hydrogen-bond donors (Lipinski definition) is 2. The van der Waals surface area contributed by atoms with Gasteiger partial charge in [-0.2, -0.15) is 0 Å². The van der Waals surface area contributed by atoms with E-state index in [1.54, 1.807) is 44.2 Å². The van der Waals surface area contributed by atoms with Crippen LogP contribution in [-0.4, -0.2) is 85.5 Å². The molecule has 0 spiro atoms. The molecule has 0 aliphatic carbocycles. The molecule has 0 amide bonds. The van der Waals surface area contributed by atoms with Gasteiger partial charge in [0.25, 0.3) is 0 Å². The quantitative estimate of drug-likeness (QED) is 0.267. The maximum Gasteiger partial charge on any atom is 0.349 e. The van der Waals surface area contributed by atoms with Gasteiger partial charge in [0.05, 0.1) is 16.0 Å². The third-order valence-electron chi connectivity index (χ3n) is 7.61. The number of aliphatic carboxylic acids is 2. The molecular formula is C35H41NO10S. The van der Waals surface area contributed by atoms with Gasteiger partial charge < -0.3 is 24.6 Å². The molecule has 2 N–H and O–H groups in total. The van der Waals surface area contributed by atoms with Gasteiger partial charge >= 0.3 is 23.9 Å². The van der Waals surface area contributed by atoms with Gasteiger partial charge in [0.1, 0.15) is 0 Å². The van der Waals surface area contributed by atoms with Crippen molar-refractivity contribution in [1.29, 1.82) is 0 Å². The highest BCUT2D eigenvalue weighted by molar-refractivity contribution is 7.90. The van der Waals surface area contributed by atoms with Crippen molar-refractivity contribution >= 4 is 33.7 Å². The molecule has 12 heteroatoms. The molecule has 252 valence electrons. The van der Waals surface area contributed by atoms with Gasteiger partial charge in [0.15, 0.2) is 9.84 Å². The van der Waals surface area contributed by atoms with Crippen LogP contribution in [0.1, 0.15) is 69.5 Å². The number of esters is 2. The number of likely N-dealkylation sites (tertiary alicyclic amines) is 1. The molecule has 0 saturated carbocycles. The largest absolute Gasteiger partial charge is 0.478 e. The minimum atomic E-state index is -3.10. The number of benzene rings is 3. The molecule has 1 aliphatic rings. The Balaban J connectivity index is 0.000000274. The Labute approximate surface area is 275 Å². The molecule has 0 aromatic heterocycles. The van der Waals surface area contributed by atoms with Crippen LogP contribution in [-0.2, 0) is 28.9 Å². The van der Waals surface area contributed by atoms with Crippen LogP contribution in [0.5, 0.6) is 0 Å². The van der Waals surface area contributed by atoms with Gasteiger partial charge in [-0.25, -0.2) is 27.6 Å². The summed E-state index contributed by atoms with van der Waals surface area (Å²) in [5.74, 6) is -5.15. The molecule has 0 unspecified atom stereocenters. The van der Waals surface area contributed by atoms with Crippen molar-refractivity contribution in [3.05, 3.63) is 101 Å². The number of nitrogens with zero attached hydrogens (tertiary/aromatic N) is 1. The summed E-state index contributed by atoms with van der Waals surface area (Å²) in [6.45, 7) is 9.16. The summed E-state index contributed by atoms with van der Waals surface area (Å²) >= 11 is 0. The first-order chi connectivity index (χ1) is 22.2. The third-order valence-corrected chi connectivity index (χ3v) is 8.72. The number of carboxylic acid groups (broad SMARTS) is 2. The molecule has 3 aromatic rings. The molecule has 3 atom stereocenters. The van der Waals surface area contributed by atoms with Crippen LogP contribution in [0.15, 0.2) is 77.7 Å². The van der Waals surface area contributed by atoms with Crippen molar-refractivity contribution in [3.8, 4) is 0 Å². The lowest BCUT2D eigenvalue weighted by atomic mass is 9.90. The zero-order chi connectivity index (χ0) is 34.7. The lowest BCUT2D eigenvalue weighted by Gasteiger charge is -2.32. The normalized spacial score (nSPS) is 16.1. The predicted molar refractivity (Wildman–Crippen MR) is 174 cm³/mol. The lowest BCUT2D eigenvalue weighted by molar-refractivity contribution is -0.166. The maximum absolute atomic E-state index is 12.2. The van der Waals surface area contributed by atoms with Crippen molar-refractivity contribution in [2.75, 3.05) is 25.9 Å². The number of hydrogen-bond acceptors (Lipinski definition) is 9. The molecule has 1 aliphatic heterocycles. The summed E-state index contributed by atoms with van der Waals surface area (Å²) < 4.78 is 32.9. The molecule has 0 bridgehead atoms. The molecular weight excluding hydrogens is 626 g/mol. The first kappa shape index (κ1) is 36.9. The van der Waals surface area contributed by atoms with Crippen molar-refractivity contribution in [2.24, 2.45) is 0 Å². The maximum atomic E-state index is 12.2. The Morgan fingerprint density at radius 3 is 1.74 bits per heavy atom. The molecule has 1 heterocycles. The number of rotatable bonds is 11. The van der Waals surface area contributed by atoms with Gasteiger partial charge in [0.2, 0.25) is 12.2 Å². The second kappa shape index (κ2) is 16.8. The van der Waals surface area contributed by atoms with Crippen molar-refractivity contribution in [1.82, 2.24) is 4.90 Å². The van der Waals surface area contributed by atoms with E-state index in [1.165, 1.54) is 55.5 Å². The first-order valence-electron chi connectivity index (χ1n) is 15.2. The minimum absolute atomic E-state index is 0.0332. The van der Waals surface area contributed by atoms with Gasteiger partial charge in [-0.1, -0.05) is 54.4 Å². The average molecular weight is 668 g/mol. The second-order valence-corrected chi connectivity index (χ2v) is 13.6. The van der Waals surface area contributed by atoms with Gasteiger partial charge in [-0.05, 0) is 94.1 Å². The minimum Gasteiger partial charge on any atom is -0.478 e. The molecule has 0 radical (unpaired) electrons. The van der Waals surface area contributed by atoms with Gasteiger partial charge in [0, 0.05) is 12.8 Å². The number of piperidine rings is 1. The summed E-state index contributed by atoms with van der Waals surface area (Å²) in [4.78, 5) is 50.3. The Morgan fingerprint density at radius 2 is 1.32 bits per heavy atom. The molecule has 1 fully saturated rings. The fourth-order valence-corrected chi connectivity index (χ4v) is 5.75. The topological polar surface area (TPSA) is 165 Å². The number of aryl methyl sites for hydroxylation is 2. The van der Waals surface area contributed by atoms with E-state index >= 15 is 0 Å². The second-order valence-electron chi connectivity index (χ2n) is 11.5. The zero-order valence-electron chi connectivity index (χ0n) is 26.9. The predicted octanol–water partition coefficient (Wildman–Crippen LogP) is 4.90. The van der Waals surface area contributed by atoms with E-state index in [9.17, 15) is 37.8 Å². The van der Waals surface area contributed by atoms with E-state index in [0.717, 1.165) is 30.6 Å². The Kier molecular flexibility index (Phi) is 13.2. The Morgan fingerprint density at radius 1 is 0.830 bits per heavy atom. The van der Waals surface area contributed by atoms with Crippen molar-refractivity contribution in [2.45, 2.75) is 63.1 Å². The summed E-state index contributed by atoms with van der Waals surface area (Å²) in [6, 6.07) is 19.5. The highest BCUT2D eigenvalue weighted by Crippen LogP contribution is 2.28. The fourth-order valence-electron chi connectivity index (χ4n) is 5.08. The number of carbonyl (C=O) groups is 4. The lowest BCUT2D eigenvalue weighted by Crippen LogP contribution is -2.45. The Hall–Kier alpha value is -4.55. The van der Waals surface area contributed by atoms with Crippen LogP contribution >= 0.6 is 0 Å². The van der Waals surface area contributed by atoms with Crippen LogP contribution in [0.4, 0.5) is 0 Å². The van der Waals surface area contributed by atoms with E-state index in [0.29, 0.717) is 10.8 Å². The van der Waals surface area contributed by atoms with Crippen molar-refractivity contribution < 1.29 is 47.3 Å². The van der Waals surface area contributed by atoms with Gasteiger partial charge in [-0.3, -0.25) is 0 Å². The van der Waals surface area contributed by atoms with E-state index < -0.39 is 45.9 Å². The SMILES string of the molecule is CCCN1CCC[C@@H](c2cccc(S(C)(=O)=O)c2)C1.Cc1ccc(C(=O)O[C@@H](C(=O)O)[C@@H](OC(=O)c2ccc(C)cc2)C(=O)O)cc1. The molecule has 3 aromatic carbocycles. The molecule has 47 heavy (non-hydrogen) atoms. The number of ether oxygens (including phenoxy) is 2. The van der Waals surface area contributed by atoms with E-state index in [4.69, 9.17) is 9.47 Å². The van der Waals surface area contributed by atoms with E-state index in [2.05, 4.69) is 17.9 Å². The van der Waals surface area contributed by atoms with E-state index in [-0.39, 0.29) is 11.1 Å². The Bertz CT molecular complexity index is 1570. The number of carboxylic acids is 2. The molecule has 11 nitrogen and oxygen atoms in total. The van der Waals surface area contributed by atoms with Crippen LogP contribution in [0.3, 0.4) is 0 Å². The van der Waals surface area contributed by atoms with E-state index in [1.807, 2.05) is 12.1 Å². The summed E-state index contributed by atoms with van der Waals surface area (Å²) in [5, 5.41) is 18.6. The van der Waals surface area contributed by atoms with Crippen molar-refractivity contribution in [3.63, 3.8) is 0 Å².